The summed E-state index contributed by atoms with van der Waals surface area (Å²) in [4.78, 5) is 29.4. The van der Waals surface area contributed by atoms with Crippen LogP contribution in [0.5, 0.6) is 0 Å². The SMILES string of the molecule is CCn1cnc2c1c(=O)n(CC#N)c(=O)n2Cc1ccccc1. The van der Waals surface area contributed by atoms with Gasteiger partial charge in [-0.15, -0.1) is 0 Å². The van der Waals surface area contributed by atoms with Crippen LogP contribution < -0.4 is 11.2 Å². The van der Waals surface area contributed by atoms with Gasteiger partial charge in [0.15, 0.2) is 11.2 Å². The first-order valence-electron chi connectivity index (χ1n) is 7.26. The molecule has 23 heavy (non-hydrogen) atoms. The number of nitriles is 1. The van der Waals surface area contributed by atoms with Crippen molar-refractivity contribution >= 4 is 11.2 Å². The van der Waals surface area contributed by atoms with E-state index >= 15 is 0 Å². The van der Waals surface area contributed by atoms with Crippen LogP contribution in [0, 0.1) is 11.3 Å². The molecule has 7 heteroatoms. The molecule has 0 aliphatic heterocycles. The maximum atomic E-state index is 12.6. The number of hydrogen-bond donors (Lipinski definition) is 0. The van der Waals surface area contributed by atoms with Crippen molar-refractivity contribution in [3.8, 4) is 6.07 Å². The standard InChI is InChI=1S/C16H15N5O2/c1-2-19-11-18-14-13(19)15(22)20(9-8-17)16(23)21(14)10-12-6-4-3-5-7-12/h3-7,11H,2,9-10H2,1H3. The van der Waals surface area contributed by atoms with Crippen LogP contribution in [0.4, 0.5) is 0 Å². The third-order valence-electron chi connectivity index (χ3n) is 3.74. The number of hydrogen-bond acceptors (Lipinski definition) is 4. The summed E-state index contributed by atoms with van der Waals surface area (Å²) in [5, 5.41) is 8.92. The Morgan fingerprint density at radius 2 is 1.91 bits per heavy atom. The van der Waals surface area contributed by atoms with Crippen molar-refractivity contribution in [1.29, 1.82) is 5.26 Å². The smallest absolute Gasteiger partial charge is 0.325 e. The molecule has 0 bridgehead atoms. The maximum absolute atomic E-state index is 12.6. The van der Waals surface area contributed by atoms with Crippen LogP contribution in [-0.2, 0) is 19.6 Å². The highest BCUT2D eigenvalue weighted by atomic mass is 16.2. The molecule has 1 aromatic carbocycles. The van der Waals surface area contributed by atoms with E-state index in [2.05, 4.69) is 4.98 Å². The Kier molecular flexibility index (Phi) is 3.81. The van der Waals surface area contributed by atoms with Crippen molar-refractivity contribution in [1.82, 2.24) is 18.7 Å². The van der Waals surface area contributed by atoms with Crippen molar-refractivity contribution in [2.75, 3.05) is 0 Å². The van der Waals surface area contributed by atoms with Gasteiger partial charge in [-0.25, -0.2) is 14.3 Å². The number of aromatic nitrogens is 4. The van der Waals surface area contributed by atoms with Crippen LogP contribution in [0.15, 0.2) is 46.2 Å². The molecule has 0 N–H and O–H groups in total. The Morgan fingerprint density at radius 1 is 1.17 bits per heavy atom. The topological polar surface area (TPSA) is 85.6 Å². The zero-order chi connectivity index (χ0) is 16.4. The van der Waals surface area contributed by atoms with Crippen LogP contribution in [0.1, 0.15) is 12.5 Å². The Morgan fingerprint density at radius 3 is 2.57 bits per heavy atom. The van der Waals surface area contributed by atoms with Gasteiger partial charge in [-0.2, -0.15) is 5.26 Å². The molecule has 7 nitrogen and oxygen atoms in total. The Hall–Kier alpha value is -3.14. The summed E-state index contributed by atoms with van der Waals surface area (Å²) in [6, 6.07) is 11.3. The molecular weight excluding hydrogens is 294 g/mol. The second kappa shape index (κ2) is 5.93. The number of imidazole rings is 1. The van der Waals surface area contributed by atoms with Gasteiger partial charge < -0.3 is 4.57 Å². The normalized spacial score (nSPS) is 10.8. The second-order valence-electron chi connectivity index (χ2n) is 5.11. The third-order valence-corrected chi connectivity index (χ3v) is 3.74. The fourth-order valence-electron chi connectivity index (χ4n) is 2.60. The molecule has 2 aromatic heterocycles. The van der Waals surface area contributed by atoms with E-state index in [1.54, 1.807) is 10.9 Å². The third kappa shape index (κ3) is 2.44. The predicted molar refractivity (Wildman–Crippen MR) is 85.1 cm³/mol. The summed E-state index contributed by atoms with van der Waals surface area (Å²) in [6.45, 7) is 2.46. The molecule has 0 atom stereocenters. The van der Waals surface area contributed by atoms with Gasteiger partial charge >= 0.3 is 5.69 Å². The number of nitrogens with zero attached hydrogens (tertiary/aromatic N) is 5. The minimum Gasteiger partial charge on any atom is -0.325 e. The highest BCUT2D eigenvalue weighted by Crippen LogP contribution is 2.09. The molecule has 0 amide bonds. The number of rotatable bonds is 4. The fraction of sp³-hybridized carbons (Fsp3) is 0.250. The first kappa shape index (κ1) is 14.8. The van der Waals surface area contributed by atoms with Crippen molar-refractivity contribution in [2.45, 2.75) is 26.6 Å². The van der Waals surface area contributed by atoms with Crippen LogP contribution in [0.3, 0.4) is 0 Å². The van der Waals surface area contributed by atoms with Gasteiger partial charge in [0.2, 0.25) is 0 Å². The molecule has 0 saturated carbocycles. The summed E-state index contributed by atoms with van der Waals surface area (Å²) in [5.41, 5.74) is 0.617. The maximum Gasteiger partial charge on any atom is 0.333 e. The number of aryl methyl sites for hydroxylation is 1. The summed E-state index contributed by atoms with van der Waals surface area (Å²) in [6.07, 6.45) is 1.55. The lowest BCUT2D eigenvalue weighted by molar-refractivity contribution is 0.639. The molecule has 116 valence electrons. The lowest BCUT2D eigenvalue weighted by atomic mass is 10.2. The molecule has 0 unspecified atom stereocenters. The molecule has 3 rings (SSSR count). The highest BCUT2D eigenvalue weighted by Gasteiger charge is 2.17. The average Bonchev–Trinajstić information content (AvgIpc) is 3.00. The monoisotopic (exact) mass is 309 g/mol. The van der Waals surface area contributed by atoms with Crippen LogP contribution in [0.25, 0.3) is 11.2 Å². The van der Waals surface area contributed by atoms with Gasteiger partial charge in [0.1, 0.15) is 6.54 Å². The van der Waals surface area contributed by atoms with E-state index in [1.807, 2.05) is 43.3 Å². The van der Waals surface area contributed by atoms with E-state index in [1.165, 1.54) is 4.57 Å². The fourth-order valence-corrected chi connectivity index (χ4v) is 2.60. The predicted octanol–water partition coefficient (Wildman–Crippen LogP) is 0.951. The summed E-state index contributed by atoms with van der Waals surface area (Å²) < 4.78 is 4.08. The zero-order valence-corrected chi connectivity index (χ0v) is 12.6. The van der Waals surface area contributed by atoms with Gasteiger partial charge in [-0.3, -0.25) is 9.36 Å². The summed E-state index contributed by atoms with van der Waals surface area (Å²) in [5.74, 6) is 0. The second-order valence-corrected chi connectivity index (χ2v) is 5.11. The highest BCUT2D eigenvalue weighted by molar-refractivity contribution is 5.70. The first-order chi connectivity index (χ1) is 11.2. The first-order valence-corrected chi connectivity index (χ1v) is 7.26. The minimum absolute atomic E-state index is 0.280. The molecule has 0 spiro atoms. The molecule has 0 fully saturated rings. The summed E-state index contributed by atoms with van der Waals surface area (Å²) in [7, 11) is 0. The van der Waals surface area contributed by atoms with Crippen LogP contribution >= 0.6 is 0 Å². The number of fused-ring (bicyclic) bond motifs is 1. The van der Waals surface area contributed by atoms with Crippen molar-refractivity contribution in [2.24, 2.45) is 0 Å². The van der Waals surface area contributed by atoms with E-state index < -0.39 is 11.2 Å². The van der Waals surface area contributed by atoms with E-state index in [9.17, 15) is 9.59 Å². The minimum atomic E-state index is -0.519. The quantitative estimate of drug-likeness (QED) is 0.718. The van der Waals surface area contributed by atoms with Gasteiger partial charge in [0.25, 0.3) is 5.56 Å². The largest absolute Gasteiger partial charge is 0.333 e. The molecule has 0 aliphatic carbocycles. The Balaban J connectivity index is 2.32. The Bertz CT molecular complexity index is 1010. The Labute approximate surface area is 131 Å². The molecule has 3 aromatic rings. The number of benzene rings is 1. The molecule has 2 heterocycles. The lowest BCUT2D eigenvalue weighted by Crippen LogP contribution is -2.40. The summed E-state index contributed by atoms with van der Waals surface area (Å²) >= 11 is 0. The molecule has 0 aliphatic rings. The zero-order valence-electron chi connectivity index (χ0n) is 12.6. The molecule has 0 radical (unpaired) electrons. The lowest BCUT2D eigenvalue weighted by Gasteiger charge is -2.10. The van der Waals surface area contributed by atoms with Crippen molar-refractivity contribution in [3.63, 3.8) is 0 Å². The van der Waals surface area contributed by atoms with Crippen molar-refractivity contribution in [3.05, 3.63) is 63.1 Å². The van der Waals surface area contributed by atoms with E-state index in [0.29, 0.717) is 24.3 Å². The van der Waals surface area contributed by atoms with E-state index in [-0.39, 0.29) is 6.54 Å². The van der Waals surface area contributed by atoms with Gasteiger partial charge in [-0.1, -0.05) is 30.3 Å². The van der Waals surface area contributed by atoms with Gasteiger partial charge in [-0.05, 0) is 12.5 Å². The van der Waals surface area contributed by atoms with Crippen LogP contribution in [0.2, 0.25) is 0 Å². The molecule has 0 saturated heterocycles. The van der Waals surface area contributed by atoms with Crippen molar-refractivity contribution < 1.29 is 0 Å². The average molecular weight is 309 g/mol. The van der Waals surface area contributed by atoms with E-state index in [4.69, 9.17) is 5.26 Å². The van der Waals surface area contributed by atoms with Crippen LogP contribution in [-0.4, -0.2) is 18.7 Å². The van der Waals surface area contributed by atoms with Gasteiger partial charge in [0, 0.05) is 6.54 Å². The van der Waals surface area contributed by atoms with Gasteiger partial charge in [0.05, 0.1) is 18.9 Å². The molecular formula is C16H15N5O2. The van der Waals surface area contributed by atoms with E-state index in [0.717, 1.165) is 10.1 Å².